The average molecular weight is 331 g/mol. The smallest absolute Gasteiger partial charge is 0.276 e. The summed E-state index contributed by atoms with van der Waals surface area (Å²) in [5.41, 5.74) is 1.26. The number of carbonyl (C=O) groups is 1. The maximum Gasteiger partial charge on any atom is 0.276 e. The van der Waals surface area contributed by atoms with Crippen LogP contribution < -0.4 is 14.8 Å². The minimum absolute atomic E-state index is 0.0986. The van der Waals surface area contributed by atoms with E-state index in [0.29, 0.717) is 12.2 Å². The van der Waals surface area contributed by atoms with Crippen molar-refractivity contribution in [1.82, 2.24) is 10.1 Å². The highest BCUT2D eigenvalue weighted by Gasteiger charge is 2.26. The topological polar surface area (TPSA) is 76.8 Å². The van der Waals surface area contributed by atoms with Crippen molar-refractivity contribution in [3.8, 4) is 11.5 Å². The highest BCUT2D eigenvalue weighted by Crippen LogP contribution is 2.27. The van der Waals surface area contributed by atoms with Crippen LogP contribution in [0.5, 0.6) is 11.5 Å². The lowest BCUT2D eigenvalue weighted by molar-refractivity contribution is 0.0704. The molecule has 7 nitrogen and oxygen atoms in total. The van der Waals surface area contributed by atoms with Crippen LogP contribution >= 0.6 is 0 Å². The zero-order valence-electron chi connectivity index (χ0n) is 13.8. The molecule has 1 saturated heterocycles. The number of amides is 1. The van der Waals surface area contributed by atoms with Crippen LogP contribution in [0.15, 0.2) is 35.1 Å². The second-order valence-corrected chi connectivity index (χ2v) is 5.72. The van der Waals surface area contributed by atoms with E-state index in [-0.39, 0.29) is 11.9 Å². The van der Waals surface area contributed by atoms with Crippen LogP contribution in [0.2, 0.25) is 0 Å². The number of nitrogens with one attached hydrogen (secondary N) is 1. The summed E-state index contributed by atoms with van der Waals surface area (Å²) >= 11 is 0. The van der Waals surface area contributed by atoms with Gasteiger partial charge in [0.2, 0.25) is 0 Å². The molecule has 0 aliphatic carbocycles. The van der Waals surface area contributed by atoms with Gasteiger partial charge in [0.25, 0.3) is 5.91 Å². The van der Waals surface area contributed by atoms with E-state index in [4.69, 9.17) is 14.0 Å². The van der Waals surface area contributed by atoms with Gasteiger partial charge in [-0.2, -0.15) is 0 Å². The maximum absolute atomic E-state index is 12.4. The number of hydrogen-bond donors (Lipinski definition) is 1. The summed E-state index contributed by atoms with van der Waals surface area (Å²) in [6.45, 7) is 1.34. The highest BCUT2D eigenvalue weighted by molar-refractivity contribution is 5.92. The first kappa shape index (κ1) is 16.2. The third-order valence-electron chi connectivity index (χ3n) is 4.09. The van der Waals surface area contributed by atoms with E-state index in [0.717, 1.165) is 36.6 Å². The zero-order chi connectivity index (χ0) is 16.9. The van der Waals surface area contributed by atoms with Gasteiger partial charge >= 0.3 is 0 Å². The molecule has 1 aromatic carbocycles. The van der Waals surface area contributed by atoms with Crippen molar-refractivity contribution in [3.05, 3.63) is 36.2 Å². The minimum atomic E-state index is -0.0986. The van der Waals surface area contributed by atoms with E-state index < -0.39 is 0 Å². The Balaban J connectivity index is 1.68. The Morgan fingerprint density at radius 3 is 2.67 bits per heavy atom. The first-order chi connectivity index (χ1) is 11.7. The van der Waals surface area contributed by atoms with E-state index in [1.807, 2.05) is 18.2 Å². The van der Waals surface area contributed by atoms with E-state index >= 15 is 0 Å². The van der Waals surface area contributed by atoms with Gasteiger partial charge in [0.05, 0.1) is 14.2 Å². The number of piperidine rings is 1. The Hall–Kier alpha value is -2.70. The average Bonchev–Trinajstić information content (AvgIpc) is 3.15. The molecule has 0 radical (unpaired) electrons. The molecule has 1 fully saturated rings. The quantitative estimate of drug-likeness (QED) is 0.907. The molecule has 0 spiro atoms. The molecule has 0 bridgehead atoms. The summed E-state index contributed by atoms with van der Waals surface area (Å²) in [6, 6.07) is 7.41. The molecule has 0 unspecified atom stereocenters. The number of anilines is 1. The first-order valence-electron chi connectivity index (χ1n) is 7.89. The van der Waals surface area contributed by atoms with Crippen molar-refractivity contribution in [3.63, 3.8) is 0 Å². The van der Waals surface area contributed by atoms with Gasteiger partial charge in [-0.15, -0.1) is 0 Å². The van der Waals surface area contributed by atoms with E-state index in [1.54, 1.807) is 25.2 Å². The van der Waals surface area contributed by atoms with Crippen molar-refractivity contribution in [1.29, 1.82) is 0 Å². The number of methoxy groups -OCH3 is 2. The number of carbonyl (C=O) groups excluding carboxylic acids is 1. The second-order valence-electron chi connectivity index (χ2n) is 5.72. The molecular formula is C17H21N3O4. The van der Waals surface area contributed by atoms with Crippen LogP contribution in [0.3, 0.4) is 0 Å². The largest absolute Gasteiger partial charge is 0.497 e. The van der Waals surface area contributed by atoms with E-state index in [1.165, 1.54) is 6.26 Å². The third kappa shape index (κ3) is 3.61. The standard InChI is InChI=1S/C17H21N3O4/c1-22-14-8-13(9-15(10-14)23-2)18-12-4-3-6-20(11-12)17(21)16-5-7-24-19-16/h5,7-10,12,18H,3-4,6,11H2,1-2H3/t12-/m0/s1. The molecule has 1 aromatic heterocycles. The summed E-state index contributed by atoms with van der Waals surface area (Å²) in [5, 5.41) is 7.19. The fourth-order valence-corrected chi connectivity index (χ4v) is 2.89. The summed E-state index contributed by atoms with van der Waals surface area (Å²) in [5.74, 6) is 1.35. The number of nitrogens with zero attached hydrogens (tertiary/aromatic N) is 2. The van der Waals surface area contributed by atoms with Gasteiger partial charge in [-0.3, -0.25) is 4.79 Å². The molecule has 128 valence electrons. The van der Waals surface area contributed by atoms with Gasteiger partial charge in [0, 0.05) is 49.1 Å². The number of benzene rings is 1. The van der Waals surface area contributed by atoms with Crippen molar-refractivity contribution in [2.24, 2.45) is 0 Å². The van der Waals surface area contributed by atoms with Crippen molar-refractivity contribution >= 4 is 11.6 Å². The molecule has 0 saturated carbocycles. The van der Waals surface area contributed by atoms with E-state index in [2.05, 4.69) is 10.5 Å². The highest BCUT2D eigenvalue weighted by atomic mass is 16.5. The van der Waals surface area contributed by atoms with Crippen molar-refractivity contribution in [2.75, 3.05) is 32.6 Å². The molecule has 1 aliphatic heterocycles. The molecule has 1 amide bonds. The van der Waals surface area contributed by atoms with Crippen LogP contribution in [0.25, 0.3) is 0 Å². The second kappa shape index (κ2) is 7.25. The molecule has 1 N–H and O–H groups in total. The van der Waals surface area contributed by atoms with Gasteiger partial charge < -0.3 is 24.2 Å². The van der Waals surface area contributed by atoms with Gasteiger partial charge in [-0.25, -0.2) is 0 Å². The predicted octanol–water partition coefficient (Wildman–Crippen LogP) is 2.41. The predicted molar refractivity (Wildman–Crippen MR) is 88.6 cm³/mol. The normalized spacial score (nSPS) is 17.4. The SMILES string of the molecule is COc1cc(N[C@H]2CCCN(C(=O)c3ccon3)C2)cc(OC)c1. The summed E-state index contributed by atoms with van der Waals surface area (Å²) < 4.78 is 15.3. The minimum Gasteiger partial charge on any atom is -0.497 e. The van der Waals surface area contributed by atoms with Crippen LogP contribution in [-0.2, 0) is 0 Å². The molecule has 2 heterocycles. The van der Waals surface area contributed by atoms with Crippen molar-refractivity contribution < 1.29 is 18.8 Å². The van der Waals surface area contributed by atoms with Gasteiger partial charge in [-0.05, 0) is 12.8 Å². The Morgan fingerprint density at radius 1 is 1.29 bits per heavy atom. The maximum atomic E-state index is 12.4. The lowest BCUT2D eigenvalue weighted by Gasteiger charge is -2.33. The molecule has 3 rings (SSSR count). The molecule has 2 aromatic rings. The molecular weight excluding hydrogens is 310 g/mol. The van der Waals surface area contributed by atoms with Crippen LogP contribution in [0.4, 0.5) is 5.69 Å². The lowest BCUT2D eigenvalue weighted by atomic mass is 10.0. The monoisotopic (exact) mass is 331 g/mol. The number of likely N-dealkylation sites (tertiary alicyclic amines) is 1. The van der Waals surface area contributed by atoms with Gasteiger partial charge in [0.1, 0.15) is 17.8 Å². The van der Waals surface area contributed by atoms with E-state index in [9.17, 15) is 4.79 Å². The Labute approximate surface area is 140 Å². The van der Waals surface area contributed by atoms with Crippen LogP contribution in [0.1, 0.15) is 23.3 Å². The van der Waals surface area contributed by atoms with Crippen LogP contribution in [-0.4, -0.2) is 49.3 Å². The molecule has 1 aliphatic rings. The number of aromatic nitrogens is 1. The summed E-state index contributed by atoms with van der Waals surface area (Å²) in [7, 11) is 3.24. The molecule has 24 heavy (non-hydrogen) atoms. The lowest BCUT2D eigenvalue weighted by Crippen LogP contribution is -2.45. The number of rotatable bonds is 5. The van der Waals surface area contributed by atoms with Gasteiger partial charge in [-0.1, -0.05) is 5.16 Å². The molecule has 1 atom stereocenters. The Morgan fingerprint density at radius 2 is 2.04 bits per heavy atom. The summed E-state index contributed by atoms with van der Waals surface area (Å²) in [4.78, 5) is 14.2. The number of ether oxygens (including phenoxy) is 2. The molecule has 7 heteroatoms. The fourth-order valence-electron chi connectivity index (χ4n) is 2.89. The van der Waals surface area contributed by atoms with Crippen LogP contribution in [0, 0.1) is 0 Å². The van der Waals surface area contributed by atoms with Gasteiger partial charge in [0.15, 0.2) is 5.69 Å². The Bertz CT molecular complexity index is 665. The third-order valence-corrected chi connectivity index (χ3v) is 4.09. The summed E-state index contributed by atoms with van der Waals surface area (Å²) in [6.07, 6.45) is 3.33. The fraction of sp³-hybridized carbons (Fsp3) is 0.412. The Kier molecular flexibility index (Phi) is 4.88. The number of hydrogen-bond acceptors (Lipinski definition) is 6. The van der Waals surface area contributed by atoms with Crippen molar-refractivity contribution in [2.45, 2.75) is 18.9 Å². The zero-order valence-corrected chi connectivity index (χ0v) is 13.8. The first-order valence-corrected chi connectivity index (χ1v) is 7.89.